The molecule has 0 saturated carbocycles. The van der Waals surface area contributed by atoms with Crippen molar-refractivity contribution in [2.75, 3.05) is 63.0 Å². The molecule has 4 atom stereocenters. The number of hydrogen-bond donors (Lipinski definition) is 3. The van der Waals surface area contributed by atoms with E-state index in [1.165, 1.54) is 24.7 Å². The average molecular weight is 763 g/mol. The molecule has 0 spiro atoms. The molecule has 19 heteroatoms. The summed E-state index contributed by atoms with van der Waals surface area (Å²) in [5, 5.41) is 15.0. The van der Waals surface area contributed by atoms with Gasteiger partial charge in [-0.2, -0.15) is 9.78 Å². The number of likely N-dealkylation sites (tertiary alicyclic amines) is 4. The van der Waals surface area contributed by atoms with E-state index in [0.717, 1.165) is 0 Å². The van der Waals surface area contributed by atoms with Gasteiger partial charge < -0.3 is 39.7 Å². The zero-order chi connectivity index (χ0) is 39.2. The lowest BCUT2D eigenvalue weighted by Crippen LogP contribution is -2.39. The monoisotopic (exact) mass is 762 g/mol. The lowest BCUT2D eigenvalue weighted by molar-refractivity contribution is -0.115. The van der Waals surface area contributed by atoms with Gasteiger partial charge in [-0.3, -0.25) is 19.5 Å². The highest BCUT2D eigenvalue weighted by Crippen LogP contribution is 2.33. The molecule has 53 heavy (non-hydrogen) atoms. The molecule has 6 heterocycles. The highest BCUT2D eigenvalue weighted by Gasteiger charge is 2.45. The van der Waals surface area contributed by atoms with Gasteiger partial charge >= 0.3 is 23.6 Å². The van der Waals surface area contributed by atoms with Crippen LogP contribution in [0.3, 0.4) is 0 Å². The van der Waals surface area contributed by atoms with Crippen LogP contribution in [-0.4, -0.2) is 139 Å². The molecule has 4 fully saturated rings. The number of anilines is 2. The number of hydrogen-bond acceptors (Lipinski definition) is 10. The standard InChI is InChI=1S/C17H25N5O4.C12H19ClN2O3.C5H7N3O/c1-11(23)18-14-5-6-22(19-14)15(24)20-7-12-9-21(10-13(12)8-20)16(25)26-17(2,3)4;1-12(2,3)18-11(17)15-6-8-4-14(10(13)16)5-9(8)7-15;1-4(9)7-5-2-3-6-8-5/h5-6,12-13H,7-10H2,1-4H3,(H,18,19,23);8-9H,4-7H2,1-3H3;2-3H,1H3,(H2,6,7,8,9). The third-order valence-corrected chi connectivity index (χ3v) is 8.93. The summed E-state index contributed by atoms with van der Waals surface area (Å²) in [5.74, 6) is 1.80. The number of aromatic amines is 1. The van der Waals surface area contributed by atoms with E-state index in [4.69, 9.17) is 21.1 Å². The van der Waals surface area contributed by atoms with E-state index in [1.807, 2.05) is 41.5 Å². The van der Waals surface area contributed by atoms with Crippen LogP contribution in [0.15, 0.2) is 24.5 Å². The molecule has 6 rings (SSSR count). The summed E-state index contributed by atoms with van der Waals surface area (Å²) in [4.78, 5) is 76.0. The van der Waals surface area contributed by atoms with Gasteiger partial charge in [-0.1, -0.05) is 0 Å². The first-order valence-electron chi connectivity index (χ1n) is 17.5. The molecule has 4 saturated heterocycles. The fraction of sp³-hybridized carbons (Fsp3) is 0.647. The van der Waals surface area contributed by atoms with Gasteiger partial charge in [0.1, 0.15) is 17.0 Å². The molecular weight excluding hydrogens is 712 g/mol. The molecule has 6 amide bonds. The van der Waals surface area contributed by atoms with E-state index in [-0.39, 0.29) is 41.9 Å². The minimum absolute atomic E-state index is 0.0979. The van der Waals surface area contributed by atoms with Crippen molar-refractivity contribution >= 4 is 58.6 Å². The predicted molar refractivity (Wildman–Crippen MR) is 194 cm³/mol. The zero-order valence-electron chi connectivity index (χ0n) is 31.6. The van der Waals surface area contributed by atoms with Crippen molar-refractivity contribution in [3.05, 3.63) is 24.5 Å². The number of amides is 6. The second-order valence-corrected chi connectivity index (χ2v) is 16.0. The van der Waals surface area contributed by atoms with Gasteiger partial charge in [-0.15, -0.1) is 5.10 Å². The second kappa shape index (κ2) is 16.9. The molecule has 3 N–H and O–H groups in total. The average Bonchev–Trinajstić information content (AvgIpc) is 3.84. The summed E-state index contributed by atoms with van der Waals surface area (Å²) >= 11 is 5.46. The summed E-state index contributed by atoms with van der Waals surface area (Å²) in [7, 11) is 0. The van der Waals surface area contributed by atoms with Crippen molar-refractivity contribution in [2.24, 2.45) is 23.7 Å². The summed E-state index contributed by atoms with van der Waals surface area (Å²) in [6.07, 6.45) is 2.55. The SMILES string of the molecule is CC(=O)Nc1ccn(C(=O)N2CC3CN(C(=O)OC(C)(C)C)CC3C2)n1.CC(=O)Nc1ccn[nH]1.CC(C)(C)OC(=O)N1CC2CN(C(=O)Cl)CC2C1. The van der Waals surface area contributed by atoms with E-state index in [9.17, 15) is 28.8 Å². The number of nitrogens with zero attached hydrogens (tertiary/aromatic N) is 7. The lowest BCUT2D eigenvalue weighted by Gasteiger charge is -2.26. The Labute approximate surface area is 313 Å². The summed E-state index contributed by atoms with van der Waals surface area (Å²) < 4.78 is 12.0. The van der Waals surface area contributed by atoms with Crippen LogP contribution in [0.2, 0.25) is 0 Å². The van der Waals surface area contributed by atoms with Gasteiger partial charge in [0, 0.05) is 108 Å². The maximum atomic E-state index is 12.6. The van der Waals surface area contributed by atoms with Crippen LogP contribution in [0.5, 0.6) is 0 Å². The smallest absolute Gasteiger partial charge is 0.410 e. The summed E-state index contributed by atoms with van der Waals surface area (Å²) in [6.45, 7) is 18.9. The molecule has 18 nitrogen and oxygen atoms in total. The Morgan fingerprint density at radius 1 is 0.698 bits per heavy atom. The third kappa shape index (κ3) is 12.1. The van der Waals surface area contributed by atoms with Gasteiger partial charge in [-0.25, -0.2) is 14.4 Å². The van der Waals surface area contributed by atoms with E-state index >= 15 is 0 Å². The van der Waals surface area contributed by atoms with Gasteiger partial charge in [0.2, 0.25) is 11.8 Å². The number of H-pyrrole nitrogens is 1. The number of nitrogens with one attached hydrogen (secondary N) is 3. The van der Waals surface area contributed by atoms with Crippen molar-refractivity contribution in [1.29, 1.82) is 0 Å². The molecule has 2 aromatic rings. The quantitative estimate of drug-likeness (QED) is 0.295. The van der Waals surface area contributed by atoms with Gasteiger partial charge in [0.15, 0.2) is 5.82 Å². The number of ether oxygens (including phenoxy) is 2. The fourth-order valence-corrected chi connectivity index (χ4v) is 6.71. The van der Waals surface area contributed by atoms with Crippen molar-refractivity contribution in [1.82, 2.24) is 39.6 Å². The van der Waals surface area contributed by atoms with Crippen LogP contribution < -0.4 is 10.6 Å². The zero-order valence-corrected chi connectivity index (χ0v) is 32.3. The molecule has 2 aromatic heterocycles. The molecule has 0 bridgehead atoms. The van der Waals surface area contributed by atoms with Crippen LogP contribution in [0.4, 0.5) is 30.8 Å². The Balaban J connectivity index is 0.000000200. The number of carbonyl (C=O) groups is 6. The highest BCUT2D eigenvalue weighted by atomic mass is 35.5. The Morgan fingerprint density at radius 2 is 1.13 bits per heavy atom. The van der Waals surface area contributed by atoms with Crippen molar-refractivity contribution in [2.45, 2.75) is 66.6 Å². The molecule has 0 aliphatic carbocycles. The van der Waals surface area contributed by atoms with Gasteiger partial charge in [-0.05, 0) is 53.1 Å². The Hall–Kier alpha value is -4.87. The summed E-state index contributed by atoms with van der Waals surface area (Å²) in [6, 6.07) is 3.04. The normalized spacial score (nSPS) is 21.8. The first-order valence-corrected chi connectivity index (χ1v) is 17.8. The fourth-order valence-electron chi connectivity index (χ4n) is 6.57. The van der Waals surface area contributed by atoms with Crippen LogP contribution in [0, 0.1) is 23.7 Å². The molecule has 4 unspecified atom stereocenters. The maximum absolute atomic E-state index is 12.6. The Kier molecular flexibility index (Phi) is 13.0. The van der Waals surface area contributed by atoms with E-state index in [0.29, 0.717) is 75.8 Å². The molecule has 4 aliphatic heterocycles. The van der Waals surface area contributed by atoms with Crippen LogP contribution in [0.25, 0.3) is 0 Å². The highest BCUT2D eigenvalue weighted by molar-refractivity contribution is 6.62. The lowest BCUT2D eigenvalue weighted by atomic mass is 10.0. The Morgan fingerprint density at radius 3 is 1.51 bits per heavy atom. The van der Waals surface area contributed by atoms with E-state index in [2.05, 4.69) is 25.9 Å². The number of halogens is 1. The third-order valence-electron chi connectivity index (χ3n) is 8.70. The second-order valence-electron chi connectivity index (χ2n) is 15.6. The number of carbonyl (C=O) groups excluding carboxylic acids is 6. The minimum atomic E-state index is -0.511. The Bertz CT molecular complexity index is 1610. The number of fused-ring (bicyclic) bond motifs is 2. The molecule has 0 aromatic carbocycles. The van der Waals surface area contributed by atoms with Crippen LogP contribution in [-0.2, 0) is 19.1 Å². The first kappa shape index (κ1) is 40.9. The molecule has 292 valence electrons. The van der Waals surface area contributed by atoms with Crippen molar-refractivity contribution < 1.29 is 38.2 Å². The molecule has 4 aliphatic rings. The molecule has 0 radical (unpaired) electrons. The molecular formula is C34H51ClN10O8. The topological polar surface area (TPSA) is 204 Å². The number of aromatic nitrogens is 4. The van der Waals surface area contributed by atoms with E-state index < -0.39 is 16.6 Å². The summed E-state index contributed by atoms with van der Waals surface area (Å²) in [5.41, 5.74) is -0.977. The van der Waals surface area contributed by atoms with E-state index in [1.54, 1.807) is 37.9 Å². The maximum Gasteiger partial charge on any atom is 0.410 e. The first-order chi connectivity index (χ1) is 24.7. The number of rotatable bonds is 2. The van der Waals surface area contributed by atoms with Crippen molar-refractivity contribution in [3.8, 4) is 0 Å². The van der Waals surface area contributed by atoms with Crippen LogP contribution in [0.1, 0.15) is 55.4 Å². The largest absolute Gasteiger partial charge is 0.444 e. The van der Waals surface area contributed by atoms with Gasteiger partial charge in [0.25, 0.3) is 0 Å². The van der Waals surface area contributed by atoms with Gasteiger partial charge in [0.05, 0.1) is 6.20 Å². The minimum Gasteiger partial charge on any atom is -0.444 e. The van der Waals surface area contributed by atoms with Crippen molar-refractivity contribution in [3.63, 3.8) is 0 Å². The van der Waals surface area contributed by atoms with Crippen LogP contribution >= 0.6 is 11.6 Å². The predicted octanol–water partition coefficient (Wildman–Crippen LogP) is 4.12.